The van der Waals surface area contributed by atoms with Crippen LogP contribution in [-0.4, -0.2) is 42.0 Å². The fraction of sp³-hybridized carbons (Fsp3) is 0.286. The summed E-state index contributed by atoms with van der Waals surface area (Å²) in [6, 6.07) is 4.17. The summed E-state index contributed by atoms with van der Waals surface area (Å²) < 4.78 is 0. The molecule has 116 valence electrons. The molecular weight excluding hydrogens is 290 g/mol. The number of amides is 4. The number of carboxylic acid groups (broad SMARTS) is 1. The molecule has 1 heterocycles. The number of anilines is 1. The highest BCUT2D eigenvalue weighted by atomic mass is 16.4. The van der Waals surface area contributed by atoms with Gasteiger partial charge in [0, 0.05) is 24.2 Å². The molecule has 1 fully saturated rings. The lowest BCUT2D eigenvalue weighted by Crippen LogP contribution is -2.49. The number of rotatable bonds is 4. The monoisotopic (exact) mass is 305 g/mol. The standard InChI is InChI=1S/C14H15N3O5/c1-8-2-3-9(13(21)15-7-12(19)20)6-10(8)17-5-4-11(18)16-14(17)22/h2-3,6H,4-5,7H2,1H3,(H,15,21)(H,19,20)(H,16,18,22). The predicted octanol–water partition coefficient (Wildman–Crippen LogP) is 0.256. The number of carboxylic acids is 1. The van der Waals surface area contributed by atoms with Gasteiger partial charge in [0.05, 0.1) is 0 Å². The van der Waals surface area contributed by atoms with E-state index >= 15 is 0 Å². The molecule has 8 heteroatoms. The Hall–Kier alpha value is -2.90. The van der Waals surface area contributed by atoms with Gasteiger partial charge in [0.2, 0.25) is 5.91 Å². The van der Waals surface area contributed by atoms with Gasteiger partial charge in [-0.05, 0) is 24.6 Å². The number of hydrogen-bond donors (Lipinski definition) is 3. The van der Waals surface area contributed by atoms with Gasteiger partial charge in [-0.25, -0.2) is 4.79 Å². The minimum Gasteiger partial charge on any atom is -0.480 e. The molecule has 0 radical (unpaired) electrons. The van der Waals surface area contributed by atoms with Crippen LogP contribution < -0.4 is 15.5 Å². The minimum absolute atomic E-state index is 0.181. The van der Waals surface area contributed by atoms with Crippen LogP contribution in [0.5, 0.6) is 0 Å². The van der Waals surface area contributed by atoms with Crippen molar-refractivity contribution >= 4 is 29.5 Å². The highest BCUT2D eigenvalue weighted by Gasteiger charge is 2.25. The molecule has 1 aromatic carbocycles. The summed E-state index contributed by atoms with van der Waals surface area (Å²) in [4.78, 5) is 46.8. The van der Waals surface area contributed by atoms with Crippen molar-refractivity contribution in [3.63, 3.8) is 0 Å². The highest BCUT2D eigenvalue weighted by molar-refractivity contribution is 6.06. The third-order valence-corrected chi connectivity index (χ3v) is 3.22. The van der Waals surface area contributed by atoms with Gasteiger partial charge in [-0.3, -0.25) is 24.6 Å². The lowest BCUT2D eigenvalue weighted by atomic mass is 10.1. The third-order valence-electron chi connectivity index (χ3n) is 3.22. The maximum atomic E-state index is 11.9. The van der Waals surface area contributed by atoms with E-state index in [0.29, 0.717) is 5.69 Å². The van der Waals surface area contributed by atoms with Gasteiger partial charge in [-0.2, -0.15) is 0 Å². The Morgan fingerprint density at radius 3 is 2.73 bits per heavy atom. The number of aliphatic carboxylic acids is 1. The van der Waals surface area contributed by atoms with Crippen LogP contribution in [0.25, 0.3) is 0 Å². The topological polar surface area (TPSA) is 116 Å². The van der Waals surface area contributed by atoms with Crippen LogP contribution in [0.1, 0.15) is 22.3 Å². The van der Waals surface area contributed by atoms with Crippen LogP contribution in [0, 0.1) is 6.92 Å². The first kappa shape index (κ1) is 15.5. The zero-order valence-electron chi connectivity index (χ0n) is 11.9. The van der Waals surface area contributed by atoms with Crippen LogP contribution >= 0.6 is 0 Å². The smallest absolute Gasteiger partial charge is 0.328 e. The van der Waals surface area contributed by atoms with Crippen molar-refractivity contribution in [3.05, 3.63) is 29.3 Å². The SMILES string of the molecule is Cc1ccc(C(=O)NCC(=O)O)cc1N1CCC(=O)NC1=O. The molecule has 22 heavy (non-hydrogen) atoms. The van der Waals surface area contributed by atoms with Crippen LogP contribution in [0.4, 0.5) is 10.5 Å². The van der Waals surface area contributed by atoms with Gasteiger partial charge >= 0.3 is 12.0 Å². The van der Waals surface area contributed by atoms with Gasteiger partial charge in [0.25, 0.3) is 5.91 Å². The van der Waals surface area contributed by atoms with Crippen LogP contribution in [0.15, 0.2) is 18.2 Å². The summed E-state index contributed by atoms with van der Waals surface area (Å²) in [6.45, 7) is 1.52. The summed E-state index contributed by atoms with van der Waals surface area (Å²) >= 11 is 0. The van der Waals surface area contributed by atoms with Crippen molar-refractivity contribution in [1.29, 1.82) is 0 Å². The van der Waals surface area contributed by atoms with E-state index in [0.717, 1.165) is 5.56 Å². The first-order valence-electron chi connectivity index (χ1n) is 6.60. The number of imide groups is 1. The maximum Gasteiger partial charge on any atom is 0.328 e. The zero-order chi connectivity index (χ0) is 16.3. The lowest BCUT2D eigenvalue weighted by molar-refractivity contribution is -0.135. The molecule has 4 amide bonds. The summed E-state index contributed by atoms with van der Waals surface area (Å²) in [5.41, 5.74) is 1.51. The van der Waals surface area contributed by atoms with Gasteiger partial charge in [0.15, 0.2) is 0 Å². The number of carbonyl (C=O) groups excluding carboxylic acids is 3. The molecule has 1 aliphatic heterocycles. The number of aryl methyl sites for hydroxylation is 1. The number of nitrogens with one attached hydrogen (secondary N) is 2. The summed E-state index contributed by atoms with van der Waals surface area (Å²) in [5.74, 6) is -2.03. The van der Waals surface area contributed by atoms with Gasteiger partial charge < -0.3 is 10.4 Å². The lowest BCUT2D eigenvalue weighted by Gasteiger charge is -2.28. The summed E-state index contributed by atoms with van der Waals surface area (Å²) in [7, 11) is 0. The molecule has 0 unspecified atom stereocenters. The van der Waals surface area contributed by atoms with E-state index in [1.165, 1.54) is 11.0 Å². The largest absolute Gasteiger partial charge is 0.480 e. The normalized spacial score (nSPS) is 14.5. The van der Waals surface area contributed by atoms with Crippen molar-refractivity contribution in [2.24, 2.45) is 0 Å². The molecule has 0 aliphatic carbocycles. The Balaban J connectivity index is 2.23. The van der Waals surface area contributed by atoms with E-state index < -0.39 is 24.5 Å². The first-order chi connectivity index (χ1) is 10.4. The number of benzene rings is 1. The minimum atomic E-state index is -1.14. The molecule has 3 N–H and O–H groups in total. The second-order valence-electron chi connectivity index (χ2n) is 4.83. The molecule has 2 rings (SSSR count). The number of hydrogen-bond acceptors (Lipinski definition) is 4. The van der Waals surface area contributed by atoms with Crippen LogP contribution in [-0.2, 0) is 9.59 Å². The number of nitrogens with zero attached hydrogens (tertiary/aromatic N) is 1. The van der Waals surface area contributed by atoms with E-state index in [-0.39, 0.29) is 24.4 Å². The molecule has 0 bridgehead atoms. The average Bonchev–Trinajstić information content (AvgIpc) is 2.46. The maximum absolute atomic E-state index is 11.9. The first-order valence-corrected chi connectivity index (χ1v) is 6.60. The number of urea groups is 1. The highest BCUT2D eigenvalue weighted by Crippen LogP contribution is 2.23. The quantitative estimate of drug-likeness (QED) is 0.737. The third kappa shape index (κ3) is 3.40. The van der Waals surface area contributed by atoms with E-state index in [1.54, 1.807) is 19.1 Å². The van der Waals surface area contributed by atoms with Gasteiger partial charge in [-0.1, -0.05) is 6.07 Å². The number of carbonyl (C=O) groups is 4. The van der Waals surface area contributed by atoms with Crippen LogP contribution in [0.2, 0.25) is 0 Å². The van der Waals surface area contributed by atoms with Crippen molar-refractivity contribution in [1.82, 2.24) is 10.6 Å². The van der Waals surface area contributed by atoms with Crippen molar-refractivity contribution in [2.45, 2.75) is 13.3 Å². The van der Waals surface area contributed by atoms with Crippen LogP contribution in [0.3, 0.4) is 0 Å². The summed E-state index contributed by atoms with van der Waals surface area (Å²) in [6.07, 6.45) is 0.181. The van der Waals surface area contributed by atoms with Crippen molar-refractivity contribution in [3.8, 4) is 0 Å². The second-order valence-corrected chi connectivity index (χ2v) is 4.83. The average molecular weight is 305 g/mol. The zero-order valence-corrected chi connectivity index (χ0v) is 11.9. The molecule has 0 aromatic heterocycles. The van der Waals surface area contributed by atoms with Crippen molar-refractivity contribution in [2.75, 3.05) is 18.0 Å². The Bertz CT molecular complexity index is 656. The molecule has 1 aliphatic rings. The van der Waals surface area contributed by atoms with E-state index in [2.05, 4.69) is 10.6 Å². The Labute approximate surface area is 126 Å². The molecule has 0 saturated carbocycles. The fourth-order valence-corrected chi connectivity index (χ4v) is 2.09. The summed E-state index contributed by atoms with van der Waals surface area (Å²) in [5, 5.41) is 13.0. The Morgan fingerprint density at radius 1 is 1.36 bits per heavy atom. The Morgan fingerprint density at radius 2 is 2.09 bits per heavy atom. The van der Waals surface area contributed by atoms with E-state index in [9.17, 15) is 19.2 Å². The van der Waals surface area contributed by atoms with Crippen molar-refractivity contribution < 1.29 is 24.3 Å². The molecule has 0 atom stereocenters. The molecule has 1 saturated heterocycles. The second kappa shape index (κ2) is 6.25. The predicted molar refractivity (Wildman–Crippen MR) is 76.6 cm³/mol. The van der Waals surface area contributed by atoms with E-state index in [4.69, 9.17) is 5.11 Å². The Kier molecular flexibility index (Phi) is 4.40. The van der Waals surface area contributed by atoms with Gasteiger partial charge in [-0.15, -0.1) is 0 Å². The molecule has 0 spiro atoms. The fourth-order valence-electron chi connectivity index (χ4n) is 2.09. The van der Waals surface area contributed by atoms with E-state index in [1.807, 2.05) is 0 Å². The van der Waals surface area contributed by atoms with Gasteiger partial charge in [0.1, 0.15) is 6.54 Å². The molecule has 8 nitrogen and oxygen atoms in total. The molecule has 1 aromatic rings. The molecular formula is C14H15N3O5.